The van der Waals surface area contributed by atoms with Crippen molar-refractivity contribution in [3.05, 3.63) is 0 Å². The SMILES string of the molecule is CC(C)(C)OC(=O)CCC(C#N)C#N. The molecule has 0 fully saturated rings. The zero-order chi connectivity index (χ0) is 11.2. The average Bonchev–Trinajstić information content (AvgIpc) is 2.03. The minimum atomic E-state index is -0.720. The molecule has 0 heterocycles. The lowest BCUT2D eigenvalue weighted by atomic mass is 10.1. The van der Waals surface area contributed by atoms with Gasteiger partial charge < -0.3 is 4.74 Å². The molecular weight excluding hydrogens is 180 g/mol. The molecule has 0 spiro atoms. The number of carbonyl (C=O) groups is 1. The maximum atomic E-state index is 11.2. The normalized spacial score (nSPS) is 10.4. The van der Waals surface area contributed by atoms with Crippen molar-refractivity contribution in [3.8, 4) is 12.1 Å². The number of esters is 1. The van der Waals surface area contributed by atoms with Crippen molar-refractivity contribution in [1.82, 2.24) is 0 Å². The molecule has 4 heteroatoms. The molecule has 0 aliphatic rings. The van der Waals surface area contributed by atoms with Crippen LogP contribution in [0.1, 0.15) is 33.6 Å². The van der Waals surface area contributed by atoms with Crippen LogP contribution in [0.3, 0.4) is 0 Å². The monoisotopic (exact) mass is 194 g/mol. The standard InChI is InChI=1S/C10H14N2O2/c1-10(2,3)14-9(13)5-4-8(6-11)7-12/h8H,4-5H2,1-3H3. The van der Waals surface area contributed by atoms with Gasteiger partial charge in [-0.3, -0.25) is 4.79 Å². The van der Waals surface area contributed by atoms with E-state index in [1.807, 2.05) is 0 Å². The molecule has 0 unspecified atom stereocenters. The van der Waals surface area contributed by atoms with Crippen LogP contribution in [-0.2, 0) is 9.53 Å². The van der Waals surface area contributed by atoms with Crippen LogP contribution in [0, 0.1) is 28.6 Å². The number of nitrogens with zero attached hydrogens (tertiary/aromatic N) is 2. The Balaban J connectivity index is 3.89. The summed E-state index contributed by atoms with van der Waals surface area (Å²) in [7, 11) is 0. The van der Waals surface area contributed by atoms with Crippen LogP contribution in [0.15, 0.2) is 0 Å². The summed E-state index contributed by atoms with van der Waals surface area (Å²) in [4.78, 5) is 11.2. The molecule has 0 saturated heterocycles. The molecule has 0 saturated carbocycles. The van der Waals surface area contributed by atoms with Crippen molar-refractivity contribution in [1.29, 1.82) is 10.5 Å². The Labute approximate surface area is 84.1 Å². The first-order chi connectivity index (χ1) is 6.39. The quantitative estimate of drug-likeness (QED) is 0.642. The van der Waals surface area contributed by atoms with Crippen LogP contribution < -0.4 is 0 Å². The molecule has 14 heavy (non-hydrogen) atoms. The van der Waals surface area contributed by atoms with Crippen LogP contribution >= 0.6 is 0 Å². The largest absolute Gasteiger partial charge is 0.460 e. The van der Waals surface area contributed by atoms with Gasteiger partial charge in [0.25, 0.3) is 0 Å². The van der Waals surface area contributed by atoms with E-state index in [4.69, 9.17) is 15.3 Å². The van der Waals surface area contributed by atoms with Gasteiger partial charge >= 0.3 is 5.97 Å². The first kappa shape index (κ1) is 12.4. The highest BCUT2D eigenvalue weighted by molar-refractivity contribution is 5.69. The number of hydrogen-bond donors (Lipinski definition) is 0. The van der Waals surface area contributed by atoms with E-state index in [0.29, 0.717) is 0 Å². The Morgan fingerprint density at radius 1 is 1.36 bits per heavy atom. The summed E-state index contributed by atoms with van der Waals surface area (Å²) in [5.41, 5.74) is -0.508. The van der Waals surface area contributed by atoms with Crippen molar-refractivity contribution < 1.29 is 9.53 Å². The smallest absolute Gasteiger partial charge is 0.306 e. The van der Waals surface area contributed by atoms with Crippen molar-refractivity contribution >= 4 is 5.97 Å². The van der Waals surface area contributed by atoms with Crippen LogP contribution in [0.25, 0.3) is 0 Å². The minimum absolute atomic E-state index is 0.114. The lowest BCUT2D eigenvalue weighted by Gasteiger charge is -2.19. The Morgan fingerprint density at radius 2 is 1.86 bits per heavy atom. The third-order valence-corrected chi connectivity index (χ3v) is 1.37. The summed E-state index contributed by atoms with van der Waals surface area (Å²) in [6.07, 6.45) is 0.352. The predicted octanol–water partition coefficient (Wildman–Crippen LogP) is 1.77. The maximum Gasteiger partial charge on any atom is 0.306 e. The summed E-state index contributed by atoms with van der Waals surface area (Å²) in [5, 5.41) is 16.9. The van der Waals surface area contributed by atoms with E-state index in [-0.39, 0.29) is 18.8 Å². The molecule has 0 radical (unpaired) electrons. The molecule has 0 aliphatic heterocycles. The summed E-state index contributed by atoms with van der Waals surface area (Å²) in [6.45, 7) is 5.32. The van der Waals surface area contributed by atoms with E-state index in [2.05, 4.69) is 0 Å². The predicted molar refractivity (Wildman–Crippen MR) is 49.8 cm³/mol. The van der Waals surface area contributed by atoms with E-state index in [1.165, 1.54) is 0 Å². The fourth-order valence-corrected chi connectivity index (χ4v) is 0.813. The average molecular weight is 194 g/mol. The molecule has 76 valence electrons. The molecule has 0 atom stereocenters. The fraction of sp³-hybridized carbons (Fsp3) is 0.700. The lowest BCUT2D eigenvalue weighted by molar-refractivity contribution is -0.154. The van der Waals surface area contributed by atoms with Gasteiger partial charge in [0.2, 0.25) is 0 Å². The zero-order valence-electron chi connectivity index (χ0n) is 8.70. The second-order valence-electron chi connectivity index (χ2n) is 3.94. The molecule has 0 rings (SSSR count). The second-order valence-corrected chi connectivity index (χ2v) is 3.94. The molecule has 4 nitrogen and oxygen atoms in total. The van der Waals surface area contributed by atoms with Crippen molar-refractivity contribution in [2.24, 2.45) is 5.92 Å². The van der Waals surface area contributed by atoms with E-state index >= 15 is 0 Å². The highest BCUT2D eigenvalue weighted by Gasteiger charge is 2.17. The minimum Gasteiger partial charge on any atom is -0.460 e. The Kier molecular flexibility index (Phi) is 4.66. The number of carbonyl (C=O) groups excluding carboxylic acids is 1. The number of hydrogen-bond acceptors (Lipinski definition) is 4. The van der Waals surface area contributed by atoms with E-state index in [1.54, 1.807) is 32.9 Å². The Bertz CT molecular complexity index is 264. The van der Waals surface area contributed by atoms with Crippen LogP contribution in [-0.4, -0.2) is 11.6 Å². The van der Waals surface area contributed by atoms with Gasteiger partial charge in [-0.2, -0.15) is 10.5 Å². The van der Waals surface area contributed by atoms with Gasteiger partial charge in [0.1, 0.15) is 11.5 Å². The summed E-state index contributed by atoms with van der Waals surface area (Å²) >= 11 is 0. The first-order valence-electron chi connectivity index (χ1n) is 4.40. The number of ether oxygens (including phenoxy) is 1. The van der Waals surface area contributed by atoms with Gasteiger partial charge in [-0.1, -0.05) is 0 Å². The van der Waals surface area contributed by atoms with E-state index in [9.17, 15) is 4.79 Å². The third kappa shape index (κ3) is 6.02. The topological polar surface area (TPSA) is 73.9 Å². The summed E-state index contributed by atoms with van der Waals surface area (Å²) in [5.74, 6) is -1.09. The Morgan fingerprint density at radius 3 is 2.21 bits per heavy atom. The van der Waals surface area contributed by atoms with Crippen molar-refractivity contribution in [2.75, 3.05) is 0 Å². The van der Waals surface area contributed by atoms with Gasteiger partial charge in [0.15, 0.2) is 0 Å². The molecule has 0 amide bonds. The van der Waals surface area contributed by atoms with Gasteiger partial charge in [-0.25, -0.2) is 0 Å². The van der Waals surface area contributed by atoms with E-state index in [0.717, 1.165) is 0 Å². The van der Waals surface area contributed by atoms with Crippen molar-refractivity contribution in [2.45, 2.75) is 39.2 Å². The van der Waals surface area contributed by atoms with Gasteiger partial charge in [0.05, 0.1) is 12.1 Å². The molecule has 0 aliphatic carbocycles. The Hall–Kier alpha value is -1.55. The summed E-state index contributed by atoms with van der Waals surface area (Å²) < 4.78 is 5.02. The molecular formula is C10H14N2O2. The van der Waals surface area contributed by atoms with Crippen LogP contribution in [0.2, 0.25) is 0 Å². The summed E-state index contributed by atoms with van der Waals surface area (Å²) in [6, 6.07) is 3.60. The highest BCUT2D eigenvalue weighted by atomic mass is 16.6. The number of nitriles is 2. The van der Waals surface area contributed by atoms with Crippen molar-refractivity contribution in [3.63, 3.8) is 0 Å². The zero-order valence-corrected chi connectivity index (χ0v) is 8.70. The first-order valence-corrected chi connectivity index (χ1v) is 4.40. The van der Waals surface area contributed by atoms with E-state index < -0.39 is 11.5 Å². The number of rotatable bonds is 3. The van der Waals surface area contributed by atoms with Gasteiger partial charge in [0, 0.05) is 6.42 Å². The molecule has 0 aromatic rings. The highest BCUT2D eigenvalue weighted by Crippen LogP contribution is 2.11. The molecule has 0 aromatic carbocycles. The lowest BCUT2D eigenvalue weighted by Crippen LogP contribution is -2.23. The molecule has 0 aromatic heterocycles. The fourth-order valence-electron chi connectivity index (χ4n) is 0.813. The van der Waals surface area contributed by atoms with Gasteiger partial charge in [-0.05, 0) is 27.2 Å². The second kappa shape index (κ2) is 5.24. The molecule has 0 N–H and O–H groups in total. The van der Waals surface area contributed by atoms with Crippen LogP contribution in [0.5, 0.6) is 0 Å². The molecule has 0 bridgehead atoms. The third-order valence-electron chi connectivity index (χ3n) is 1.37. The van der Waals surface area contributed by atoms with Gasteiger partial charge in [-0.15, -0.1) is 0 Å². The van der Waals surface area contributed by atoms with Crippen LogP contribution in [0.4, 0.5) is 0 Å². The maximum absolute atomic E-state index is 11.2.